The number of aryl methyl sites for hydroxylation is 1. The average Bonchev–Trinajstić information content (AvgIpc) is 2.36. The number of amides is 1. The van der Waals surface area contributed by atoms with Crippen molar-refractivity contribution in [2.45, 2.75) is 39.2 Å². The summed E-state index contributed by atoms with van der Waals surface area (Å²) >= 11 is 0. The molecule has 0 saturated carbocycles. The number of carbonyl (C=O) groups excluding carboxylic acids is 1. The molecule has 1 aromatic rings. The number of carbonyl (C=O) groups is 1. The van der Waals surface area contributed by atoms with Crippen LogP contribution in [0.3, 0.4) is 0 Å². The highest BCUT2D eigenvalue weighted by molar-refractivity contribution is 5.94. The molecule has 0 aliphatic rings. The molecule has 0 radical (unpaired) electrons. The first kappa shape index (κ1) is 17.7. The van der Waals surface area contributed by atoms with Crippen LogP contribution in [0.2, 0.25) is 0 Å². The molecule has 19 heavy (non-hydrogen) atoms. The maximum atomic E-state index is 12.1. The largest absolute Gasteiger partial charge is 0.345 e. The summed E-state index contributed by atoms with van der Waals surface area (Å²) in [5.74, 6) is -0.370. The van der Waals surface area contributed by atoms with Gasteiger partial charge >= 0.3 is 0 Å². The lowest BCUT2D eigenvalue weighted by atomic mass is 9.92. The molecule has 108 valence electrons. The van der Waals surface area contributed by atoms with Crippen molar-refractivity contribution in [1.29, 1.82) is 0 Å². The molecule has 0 aliphatic heterocycles. The number of aromatic nitrogens is 1. The van der Waals surface area contributed by atoms with E-state index in [4.69, 9.17) is 5.73 Å². The lowest BCUT2D eigenvalue weighted by molar-refractivity contribution is 0.0893. The predicted octanol–water partition coefficient (Wildman–Crippen LogP) is 1.35. The van der Waals surface area contributed by atoms with E-state index in [0.717, 1.165) is 18.5 Å². The molecule has 0 atom stereocenters. The van der Waals surface area contributed by atoms with E-state index in [1.807, 2.05) is 13.8 Å². The van der Waals surface area contributed by atoms with E-state index in [1.54, 1.807) is 13.0 Å². The van der Waals surface area contributed by atoms with Gasteiger partial charge in [-0.25, -0.2) is 0 Å². The second-order valence-electron chi connectivity index (χ2n) is 4.53. The lowest BCUT2D eigenvalue weighted by Gasteiger charge is -2.31. The Kier molecular flexibility index (Phi) is 6.79. The number of H-pyrrole nitrogens is 1. The van der Waals surface area contributed by atoms with Gasteiger partial charge in [-0.2, -0.15) is 0 Å². The molecular formula is C13H22ClN3O2. The number of hydrogen-bond donors (Lipinski definition) is 3. The third-order valence-electron chi connectivity index (χ3n) is 3.42. The topological polar surface area (TPSA) is 88.0 Å². The summed E-state index contributed by atoms with van der Waals surface area (Å²) in [7, 11) is 0. The Morgan fingerprint density at radius 1 is 1.37 bits per heavy atom. The van der Waals surface area contributed by atoms with Crippen LogP contribution in [0.25, 0.3) is 0 Å². The van der Waals surface area contributed by atoms with Crippen molar-refractivity contribution in [2.24, 2.45) is 5.73 Å². The highest BCUT2D eigenvalue weighted by Gasteiger charge is 2.27. The fourth-order valence-electron chi connectivity index (χ4n) is 1.83. The highest BCUT2D eigenvalue weighted by Crippen LogP contribution is 2.13. The van der Waals surface area contributed by atoms with E-state index in [2.05, 4.69) is 10.3 Å². The van der Waals surface area contributed by atoms with E-state index in [0.29, 0.717) is 6.54 Å². The van der Waals surface area contributed by atoms with Crippen molar-refractivity contribution < 1.29 is 4.79 Å². The third-order valence-corrected chi connectivity index (χ3v) is 3.42. The zero-order chi connectivity index (χ0) is 13.8. The van der Waals surface area contributed by atoms with Crippen LogP contribution in [0.5, 0.6) is 0 Å². The Morgan fingerprint density at radius 3 is 2.37 bits per heavy atom. The average molecular weight is 288 g/mol. The van der Waals surface area contributed by atoms with E-state index in [1.165, 1.54) is 6.07 Å². The molecule has 1 aromatic heterocycles. The van der Waals surface area contributed by atoms with Crippen LogP contribution in [0.4, 0.5) is 0 Å². The van der Waals surface area contributed by atoms with Gasteiger partial charge in [-0.3, -0.25) is 9.59 Å². The smallest absolute Gasteiger partial charge is 0.260 e. The summed E-state index contributed by atoms with van der Waals surface area (Å²) in [6.45, 7) is 6.06. The van der Waals surface area contributed by atoms with Crippen molar-refractivity contribution in [3.8, 4) is 0 Å². The third kappa shape index (κ3) is 4.08. The van der Waals surface area contributed by atoms with Crippen LogP contribution in [0.1, 0.15) is 42.7 Å². The Hall–Kier alpha value is -1.33. The monoisotopic (exact) mass is 287 g/mol. The van der Waals surface area contributed by atoms with Gasteiger partial charge < -0.3 is 16.0 Å². The molecule has 0 fully saturated rings. The molecule has 0 spiro atoms. The number of aromatic amines is 1. The van der Waals surface area contributed by atoms with Gasteiger partial charge in [-0.05, 0) is 31.9 Å². The fourth-order valence-corrected chi connectivity index (χ4v) is 1.83. The van der Waals surface area contributed by atoms with Gasteiger partial charge in [0.1, 0.15) is 5.56 Å². The predicted molar refractivity (Wildman–Crippen MR) is 78.9 cm³/mol. The molecule has 6 heteroatoms. The molecule has 4 N–H and O–H groups in total. The molecule has 0 aliphatic carbocycles. The lowest BCUT2D eigenvalue weighted by Crippen LogP contribution is -2.53. The summed E-state index contributed by atoms with van der Waals surface area (Å²) < 4.78 is 0. The molecule has 1 rings (SSSR count). The van der Waals surface area contributed by atoms with Gasteiger partial charge in [0.25, 0.3) is 11.5 Å². The van der Waals surface area contributed by atoms with Crippen LogP contribution in [0, 0.1) is 6.92 Å². The second kappa shape index (κ2) is 7.31. The van der Waals surface area contributed by atoms with Crippen molar-refractivity contribution in [2.75, 3.05) is 6.54 Å². The molecular weight excluding hydrogens is 266 g/mol. The molecule has 0 unspecified atom stereocenters. The highest BCUT2D eigenvalue weighted by atomic mass is 35.5. The first-order valence-corrected chi connectivity index (χ1v) is 6.20. The Bertz CT molecular complexity index is 473. The molecule has 0 aromatic carbocycles. The summed E-state index contributed by atoms with van der Waals surface area (Å²) in [6.07, 6.45) is 1.46. The van der Waals surface area contributed by atoms with Crippen molar-refractivity contribution in [1.82, 2.24) is 10.3 Å². The number of halogens is 1. The van der Waals surface area contributed by atoms with Crippen molar-refractivity contribution in [3.63, 3.8) is 0 Å². The standard InChI is InChI=1S/C13H21N3O2.ClH/c1-4-13(5-2,8-14)16-12(18)10-7-6-9(3)15-11(10)17;/h6-7H,4-5,8,14H2,1-3H3,(H,15,17)(H,16,18);1H. The van der Waals surface area contributed by atoms with E-state index in [-0.39, 0.29) is 29.4 Å². The first-order valence-electron chi connectivity index (χ1n) is 6.20. The quantitative estimate of drug-likeness (QED) is 0.764. The van der Waals surface area contributed by atoms with Gasteiger partial charge in [-0.1, -0.05) is 13.8 Å². The second-order valence-corrected chi connectivity index (χ2v) is 4.53. The molecule has 1 amide bonds. The Labute approximate surface area is 119 Å². The number of hydrogen-bond acceptors (Lipinski definition) is 3. The minimum atomic E-state index is -0.436. The van der Waals surface area contributed by atoms with Crippen LogP contribution >= 0.6 is 12.4 Å². The molecule has 5 nitrogen and oxygen atoms in total. The van der Waals surface area contributed by atoms with E-state index < -0.39 is 5.54 Å². The number of nitrogens with two attached hydrogens (primary N) is 1. The van der Waals surface area contributed by atoms with Gasteiger partial charge in [-0.15, -0.1) is 12.4 Å². The molecule has 1 heterocycles. The number of nitrogens with one attached hydrogen (secondary N) is 2. The van der Waals surface area contributed by atoms with E-state index in [9.17, 15) is 9.59 Å². The maximum Gasteiger partial charge on any atom is 0.260 e. The number of rotatable bonds is 5. The minimum absolute atomic E-state index is 0. The summed E-state index contributed by atoms with van der Waals surface area (Å²) in [5, 5.41) is 2.87. The van der Waals surface area contributed by atoms with Crippen LogP contribution in [-0.4, -0.2) is 23.0 Å². The maximum absolute atomic E-state index is 12.1. The first-order chi connectivity index (χ1) is 8.48. The van der Waals surface area contributed by atoms with Gasteiger partial charge in [0.2, 0.25) is 0 Å². The molecule has 0 saturated heterocycles. The van der Waals surface area contributed by atoms with Crippen LogP contribution in [0.15, 0.2) is 16.9 Å². The Balaban J connectivity index is 0.00000324. The zero-order valence-electron chi connectivity index (χ0n) is 11.6. The fraction of sp³-hybridized carbons (Fsp3) is 0.538. The van der Waals surface area contributed by atoms with Crippen LogP contribution < -0.4 is 16.6 Å². The zero-order valence-corrected chi connectivity index (χ0v) is 12.4. The normalized spacial score (nSPS) is 10.7. The number of pyridine rings is 1. The van der Waals surface area contributed by atoms with Crippen molar-refractivity contribution >= 4 is 18.3 Å². The Morgan fingerprint density at radius 2 is 1.95 bits per heavy atom. The van der Waals surface area contributed by atoms with Gasteiger partial charge in [0.15, 0.2) is 0 Å². The molecule has 0 bridgehead atoms. The van der Waals surface area contributed by atoms with Crippen molar-refractivity contribution in [3.05, 3.63) is 33.7 Å². The van der Waals surface area contributed by atoms with Gasteiger partial charge in [0, 0.05) is 12.2 Å². The summed E-state index contributed by atoms with van der Waals surface area (Å²) in [6, 6.07) is 3.24. The SMILES string of the molecule is CCC(CC)(CN)NC(=O)c1ccc(C)[nH]c1=O.Cl. The summed E-state index contributed by atoms with van der Waals surface area (Å²) in [5.41, 5.74) is 5.77. The van der Waals surface area contributed by atoms with Gasteiger partial charge in [0.05, 0.1) is 5.54 Å². The minimum Gasteiger partial charge on any atom is -0.345 e. The summed E-state index contributed by atoms with van der Waals surface area (Å²) in [4.78, 5) is 26.4. The van der Waals surface area contributed by atoms with E-state index >= 15 is 0 Å². The van der Waals surface area contributed by atoms with Crippen LogP contribution in [-0.2, 0) is 0 Å².